The van der Waals surface area contributed by atoms with Gasteiger partial charge in [0.15, 0.2) is 0 Å². The van der Waals surface area contributed by atoms with E-state index in [0.29, 0.717) is 5.56 Å². The number of hydrogen-bond acceptors (Lipinski definition) is 5. The zero-order valence-electron chi connectivity index (χ0n) is 13.7. The molecule has 140 valence electrons. The van der Waals surface area contributed by atoms with Gasteiger partial charge in [0.1, 0.15) is 17.3 Å². The Morgan fingerprint density at radius 3 is 2.74 bits per heavy atom. The smallest absolute Gasteiger partial charge is 0.416 e. The van der Waals surface area contributed by atoms with Gasteiger partial charge in [-0.2, -0.15) is 18.3 Å². The minimum absolute atomic E-state index is 0.0163. The van der Waals surface area contributed by atoms with Crippen molar-refractivity contribution < 1.29 is 22.7 Å². The number of alkyl halides is 3. The third kappa shape index (κ3) is 4.54. The normalized spacial score (nSPS) is 11.2. The molecule has 2 heterocycles. The van der Waals surface area contributed by atoms with Crippen molar-refractivity contribution in [2.45, 2.75) is 12.7 Å². The first-order valence-electron chi connectivity index (χ1n) is 7.71. The number of hydrogen-bond donors (Lipinski definition) is 3. The lowest BCUT2D eigenvalue weighted by atomic mass is 10.2. The number of halogens is 3. The summed E-state index contributed by atoms with van der Waals surface area (Å²) in [6.07, 6.45) is -3.05. The van der Waals surface area contributed by atoms with Crippen LogP contribution in [0, 0.1) is 0 Å². The SMILES string of the molecule is Nc1cc(C(=O)NCc2cccnc2Oc2cccc(C(F)(F)F)c2)[nH]n1. The first-order chi connectivity index (χ1) is 12.8. The van der Waals surface area contributed by atoms with Crippen molar-refractivity contribution >= 4 is 11.7 Å². The Hall–Kier alpha value is -3.56. The van der Waals surface area contributed by atoms with Gasteiger partial charge in [0.05, 0.1) is 5.56 Å². The predicted octanol–water partition coefficient (Wildman–Crippen LogP) is 3.13. The van der Waals surface area contributed by atoms with Gasteiger partial charge in [-0.15, -0.1) is 0 Å². The van der Waals surface area contributed by atoms with Gasteiger partial charge in [-0.05, 0) is 24.3 Å². The Labute approximate surface area is 151 Å². The summed E-state index contributed by atoms with van der Waals surface area (Å²) in [5, 5.41) is 8.76. The number of nitrogens with two attached hydrogens (primary N) is 1. The number of carbonyl (C=O) groups excluding carboxylic acids is 1. The van der Waals surface area contributed by atoms with Gasteiger partial charge in [0.2, 0.25) is 5.88 Å². The van der Waals surface area contributed by atoms with E-state index in [2.05, 4.69) is 20.5 Å². The predicted molar refractivity (Wildman–Crippen MR) is 89.9 cm³/mol. The molecule has 0 atom stereocenters. The van der Waals surface area contributed by atoms with Crippen molar-refractivity contribution in [3.05, 3.63) is 65.5 Å². The van der Waals surface area contributed by atoms with Crippen LogP contribution in [0.15, 0.2) is 48.7 Å². The van der Waals surface area contributed by atoms with E-state index in [-0.39, 0.29) is 29.7 Å². The van der Waals surface area contributed by atoms with Gasteiger partial charge in [-0.3, -0.25) is 9.89 Å². The molecule has 0 spiro atoms. The number of H-pyrrole nitrogens is 1. The fraction of sp³-hybridized carbons (Fsp3) is 0.118. The standard InChI is InChI=1S/C17H14F3N5O2/c18-17(19,20)11-4-1-5-12(7-11)27-16-10(3-2-6-22-16)9-23-15(26)13-8-14(21)25-24-13/h1-8H,9H2,(H,23,26)(H3,21,24,25). The molecule has 0 aliphatic rings. The van der Waals surface area contributed by atoms with E-state index in [1.54, 1.807) is 12.1 Å². The molecule has 2 aromatic heterocycles. The molecule has 0 radical (unpaired) electrons. The number of aromatic nitrogens is 3. The molecule has 7 nitrogen and oxygen atoms in total. The van der Waals surface area contributed by atoms with Crippen LogP contribution in [-0.4, -0.2) is 21.1 Å². The van der Waals surface area contributed by atoms with Crippen molar-refractivity contribution in [3.63, 3.8) is 0 Å². The molecular formula is C17H14F3N5O2. The average molecular weight is 377 g/mol. The van der Waals surface area contributed by atoms with Crippen LogP contribution in [0.25, 0.3) is 0 Å². The zero-order chi connectivity index (χ0) is 19.4. The summed E-state index contributed by atoms with van der Waals surface area (Å²) >= 11 is 0. The van der Waals surface area contributed by atoms with Crippen LogP contribution in [0.1, 0.15) is 21.6 Å². The Morgan fingerprint density at radius 1 is 1.22 bits per heavy atom. The summed E-state index contributed by atoms with van der Waals surface area (Å²) in [5.41, 5.74) is 5.27. The highest BCUT2D eigenvalue weighted by Crippen LogP contribution is 2.32. The van der Waals surface area contributed by atoms with Crippen LogP contribution in [0.3, 0.4) is 0 Å². The fourth-order valence-corrected chi connectivity index (χ4v) is 2.22. The number of ether oxygens (including phenoxy) is 1. The van der Waals surface area contributed by atoms with E-state index >= 15 is 0 Å². The summed E-state index contributed by atoms with van der Waals surface area (Å²) in [7, 11) is 0. The van der Waals surface area contributed by atoms with E-state index < -0.39 is 17.6 Å². The number of carbonyl (C=O) groups is 1. The van der Waals surface area contributed by atoms with Gasteiger partial charge < -0.3 is 15.8 Å². The Kier molecular flexibility index (Phi) is 4.97. The second-order valence-electron chi connectivity index (χ2n) is 5.48. The third-order valence-electron chi connectivity index (χ3n) is 3.51. The van der Waals surface area contributed by atoms with Gasteiger partial charge in [-0.1, -0.05) is 12.1 Å². The molecular weight excluding hydrogens is 363 g/mol. The van der Waals surface area contributed by atoms with Crippen molar-refractivity contribution in [1.29, 1.82) is 0 Å². The Bertz CT molecular complexity index is 955. The van der Waals surface area contributed by atoms with Gasteiger partial charge in [0, 0.05) is 24.4 Å². The maximum Gasteiger partial charge on any atom is 0.416 e. The number of pyridine rings is 1. The third-order valence-corrected chi connectivity index (χ3v) is 3.51. The second-order valence-corrected chi connectivity index (χ2v) is 5.48. The minimum Gasteiger partial charge on any atom is -0.439 e. The molecule has 3 rings (SSSR count). The lowest BCUT2D eigenvalue weighted by Gasteiger charge is -2.12. The number of aromatic amines is 1. The average Bonchev–Trinajstić information content (AvgIpc) is 3.07. The van der Waals surface area contributed by atoms with Crippen molar-refractivity contribution in [2.75, 3.05) is 5.73 Å². The van der Waals surface area contributed by atoms with Crippen LogP contribution in [-0.2, 0) is 12.7 Å². The molecule has 0 saturated heterocycles. The second kappa shape index (κ2) is 7.36. The van der Waals surface area contributed by atoms with E-state index in [4.69, 9.17) is 10.5 Å². The molecule has 0 fully saturated rings. The largest absolute Gasteiger partial charge is 0.439 e. The zero-order valence-corrected chi connectivity index (χ0v) is 13.7. The minimum atomic E-state index is -4.48. The topological polar surface area (TPSA) is 106 Å². The maximum absolute atomic E-state index is 12.8. The molecule has 0 unspecified atom stereocenters. The highest BCUT2D eigenvalue weighted by atomic mass is 19.4. The quantitative estimate of drug-likeness (QED) is 0.633. The first-order valence-corrected chi connectivity index (χ1v) is 7.71. The molecule has 10 heteroatoms. The number of rotatable bonds is 5. The van der Waals surface area contributed by atoms with E-state index in [9.17, 15) is 18.0 Å². The van der Waals surface area contributed by atoms with Gasteiger partial charge in [0.25, 0.3) is 5.91 Å². The molecule has 4 N–H and O–H groups in total. The number of anilines is 1. The first kappa shape index (κ1) is 18.2. The molecule has 3 aromatic rings. The monoisotopic (exact) mass is 377 g/mol. The fourth-order valence-electron chi connectivity index (χ4n) is 2.22. The Morgan fingerprint density at radius 2 is 2.04 bits per heavy atom. The van der Waals surface area contributed by atoms with E-state index in [1.165, 1.54) is 24.4 Å². The summed E-state index contributed by atoms with van der Waals surface area (Å²) < 4.78 is 44.0. The van der Waals surface area contributed by atoms with Crippen LogP contribution in [0.5, 0.6) is 11.6 Å². The molecule has 0 saturated carbocycles. The van der Waals surface area contributed by atoms with Crippen LogP contribution < -0.4 is 15.8 Å². The highest BCUT2D eigenvalue weighted by Gasteiger charge is 2.30. The van der Waals surface area contributed by atoms with Crippen molar-refractivity contribution in [2.24, 2.45) is 0 Å². The van der Waals surface area contributed by atoms with E-state index in [0.717, 1.165) is 12.1 Å². The van der Waals surface area contributed by atoms with Gasteiger partial charge in [-0.25, -0.2) is 4.98 Å². The molecule has 1 amide bonds. The molecule has 1 aromatic carbocycles. The summed E-state index contributed by atoms with van der Waals surface area (Å²) in [4.78, 5) is 16.1. The summed E-state index contributed by atoms with van der Waals surface area (Å²) in [5.74, 6) is -0.207. The van der Waals surface area contributed by atoms with Crippen LogP contribution in [0.4, 0.5) is 19.0 Å². The number of nitrogens with zero attached hydrogens (tertiary/aromatic N) is 2. The summed E-state index contributed by atoms with van der Waals surface area (Å²) in [6.45, 7) is 0.0416. The molecule has 0 aliphatic heterocycles. The molecule has 27 heavy (non-hydrogen) atoms. The number of amides is 1. The van der Waals surface area contributed by atoms with Gasteiger partial charge >= 0.3 is 6.18 Å². The molecule has 0 bridgehead atoms. The van der Waals surface area contributed by atoms with E-state index in [1.807, 2.05) is 0 Å². The van der Waals surface area contributed by atoms with Crippen molar-refractivity contribution in [1.82, 2.24) is 20.5 Å². The summed E-state index contributed by atoms with van der Waals surface area (Å²) in [6, 6.07) is 9.09. The van der Waals surface area contributed by atoms with Crippen molar-refractivity contribution in [3.8, 4) is 11.6 Å². The number of benzene rings is 1. The van der Waals surface area contributed by atoms with Crippen LogP contribution >= 0.6 is 0 Å². The Balaban J connectivity index is 1.74. The lowest BCUT2D eigenvalue weighted by Crippen LogP contribution is -2.23. The highest BCUT2D eigenvalue weighted by molar-refractivity contribution is 5.92. The number of nitrogen functional groups attached to an aromatic ring is 1. The number of nitrogens with one attached hydrogen (secondary N) is 2. The maximum atomic E-state index is 12.8. The van der Waals surface area contributed by atoms with Crippen LogP contribution in [0.2, 0.25) is 0 Å². The lowest BCUT2D eigenvalue weighted by molar-refractivity contribution is -0.137. The molecule has 0 aliphatic carbocycles.